The molecule has 0 aliphatic heterocycles. The van der Waals surface area contributed by atoms with Crippen LogP contribution in [-0.2, 0) is 0 Å². The highest BCUT2D eigenvalue weighted by molar-refractivity contribution is 6.04. The van der Waals surface area contributed by atoms with Gasteiger partial charge >= 0.3 is 0 Å². The molecule has 0 spiro atoms. The quantitative estimate of drug-likeness (QED) is 0.582. The summed E-state index contributed by atoms with van der Waals surface area (Å²) >= 11 is 0. The van der Waals surface area contributed by atoms with E-state index in [1.807, 2.05) is 62.4 Å². The molecule has 4 aromatic rings. The maximum atomic E-state index is 12.7. The molecule has 0 saturated heterocycles. The van der Waals surface area contributed by atoms with Crippen LogP contribution in [0, 0.1) is 20.8 Å². The lowest BCUT2D eigenvalue weighted by Gasteiger charge is -2.07. The number of rotatable bonds is 4. The Bertz CT molecular complexity index is 1140. The number of carbonyl (C=O) groups excluding carboxylic acids is 1. The minimum Gasteiger partial charge on any atom is -0.339 e. The van der Waals surface area contributed by atoms with Crippen molar-refractivity contribution < 1.29 is 9.32 Å². The second-order valence-corrected chi connectivity index (χ2v) is 6.53. The molecule has 0 saturated carbocycles. The van der Waals surface area contributed by atoms with Crippen molar-refractivity contribution in [2.45, 2.75) is 20.8 Å². The van der Waals surface area contributed by atoms with Gasteiger partial charge in [0.15, 0.2) is 0 Å². The van der Waals surface area contributed by atoms with E-state index in [1.165, 1.54) is 0 Å². The summed E-state index contributed by atoms with van der Waals surface area (Å²) in [6.45, 7) is 5.56. The Balaban J connectivity index is 1.67. The Morgan fingerprint density at radius 1 is 1.07 bits per heavy atom. The molecule has 140 valence electrons. The number of aryl methyl sites for hydroxylation is 3. The molecular formula is C21H19N5O2. The lowest BCUT2D eigenvalue weighted by atomic mass is 10.1. The van der Waals surface area contributed by atoms with E-state index in [2.05, 4.69) is 20.6 Å². The van der Waals surface area contributed by atoms with Crippen molar-refractivity contribution in [1.82, 2.24) is 19.9 Å². The molecule has 0 aliphatic carbocycles. The number of para-hydroxylation sites is 1. The van der Waals surface area contributed by atoms with Crippen LogP contribution in [0.4, 0.5) is 5.69 Å². The lowest BCUT2D eigenvalue weighted by Crippen LogP contribution is -2.12. The third kappa shape index (κ3) is 3.42. The van der Waals surface area contributed by atoms with E-state index in [4.69, 9.17) is 4.52 Å². The number of carbonyl (C=O) groups is 1. The monoisotopic (exact) mass is 373 g/mol. The molecular weight excluding hydrogens is 354 g/mol. The highest BCUT2D eigenvalue weighted by Gasteiger charge is 2.16. The number of amides is 1. The van der Waals surface area contributed by atoms with Gasteiger partial charge in [0.25, 0.3) is 5.91 Å². The molecule has 1 N–H and O–H groups in total. The molecule has 0 fully saturated rings. The van der Waals surface area contributed by atoms with Gasteiger partial charge in [-0.15, -0.1) is 0 Å². The van der Waals surface area contributed by atoms with Crippen LogP contribution in [0.15, 0.2) is 59.3 Å². The summed E-state index contributed by atoms with van der Waals surface area (Å²) in [6.07, 6.45) is 1.74. The molecule has 0 bridgehead atoms. The fourth-order valence-electron chi connectivity index (χ4n) is 2.94. The minimum absolute atomic E-state index is 0.197. The molecule has 0 unspecified atom stereocenters. The van der Waals surface area contributed by atoms with E-state index in [-0.39, 0.29) is 5.91 Å². The van der Waals surface area contributed by atoms with Crippen molar-refractivity contribution >= 4 is 11.6 Å². The molecule has 1 amide bonds. The van der Waals surface area contributed by atoms with Gasteiger partial charge in [-0.3, -0.25) is 4.79 Å². The third-order valence-corrected chi connectivity index (χ3v) is 4.42. The Hall–Kier alpha value is -3.74. The fraction of sp³-hybridized carbons (Fsp3) is 0.143. The van der Waals surface area contributed by atoms with E-state index < -0.39 is 0 Å². The van der Waals surface area contributed by atoms with Crippen LogP contribution < -0.4 is 5.32 Å². The van der Waals surface area contributed by atoms with Gasteiger partial charge in [-0.1, -0.05) is 35.5 Å². The molecule has 7 nitrogen and oxygen atoms in total. The van der Waals surface area contributed by atoms with Crippen molar-refractivity contribution in [2.24, 2.45) is 0 Å². The predicted octanol–water partition coefficient (Wildman–Crippen LogP) is 4.10. The van der Waals surface area contributed by atoms with Gasteiger partial charge in [-0.05, 0) is 37.6 Å². The molecule has 0 radical (unpaired) electrons. The molecule has 28 heavy (non-hydrogen) atoms. The zero-order valence-corrected chi connectivity index (χ0v) is 15.8. The second kappa shape index (κ2) is 7.11. The van der Waals surface area contributed by atoms with Crippen LogP contribution in [0.2, 0.25) is 0 Å². The zero-order valence-electron chi connectivity index (χ0n) is 15.8. The summed E-state index contributed by atoms with van der Waals surface area (Å²) in [6, 6.07) is 15.2. The second-order valence-electron chi connectivity index (χ2n) is 6.53. The van der Waals surface area contributed by atoms with Crippen LogP contribution in [0.3, 0.4) is 0 Å². The van der Waals surface area contributed by atoms with Gasteiger partial charge in [-0.2, -0.15) is 10.1 Å². The Labute approximate surface area is 162 Å². The molecule has 0 aliphatic rings. The van der Waals surface area contributed by atoms with Crippen molar-refractivity contribution in [1.29, 1.82) is 0 Å². The first-order valence-electron chi connectivity index (χ1n) is 8.85. The average Bonchev–Trinajstić information content (AvgIpc) is 3.29. The molecule has 2 aromatic heterocycles. The molecule has 0 atom stereocenters. The molecule has 7 heteroatoms. The fourth-order valence-corrected chi connectivity index (χ4v) is 2.94. The van der Waals surface area contributed by atoms with E-state index in [0.29, 0.717) is 23.0 Å². The van der Waals surface area contributed by atoms with E-state index >= 15 is 0 Å². The van der Waals surface area contributed by atoms with Gasteiger partial charge in [-0.25, -0.2) is 4.68 Å². The highest BCUT2D eigenvalue weighted by atomic mass is 16.5. The Morgan fingerprint density at radius 2 is 1.86 bits per heavy atom. The minimum atomic E-state index is -0.197. The Kier molecular flexibility index (Phi) is 4.49. The first-order chi connectivity index (χ1) is 13.5. The van der Waals surface area contributed by atoms with Gasteiger partial charge in [0.1, 0.15) is 0 Å². The predicted molar refractivity (Wildman–Crippen MR) is 105 cm³/mol. The number of nitrogens with one attached hydrogen (secondary N) is 1. The van der Waals surface area contributed by atoms with E-state index in [1.54, 1.807) is 17.8 Å². The summed E-state index contributed by atoms with van der Waals surface area (Å²) in [7, 11) is 0. The SMILES string of the molecule is Cc1nc(-c2ccc(C)c(-n3cc(C(=O)Nc4ccccc4)c(C)n3)c2)no1. The van der Waals surface area contributed by atoms with Crippen LogP contribution >= 0.6 is 0 Å². The number of benzene rings is 2. The summed E-state index contributed by atoms with van der Waals surface area (Å²) in [4.78, 5) is 16.9. The van der Waals surface area contributed by atoms with Gasteiger partial charge in [0.2, 0.25) is 11.7 Å². The van der Waals surface area contributed by atoms with Crippen LogP contribution in [0.25, 0.3) is 17.1 Å². The number of hydrogen-bond donors (Lipinski definition) is 1. The first kappa shape index (κ1) is 17.7. The molecule has 4 rings (SSSR count). The average molecular weight is 373 g/mol. The number of anilines is 1. The summed E-state index contributed by atoms with van der Waals surface area (Å²) in [5.74, 6) is 0.828. The van der Waals surface area contributed by atoms with Crippen LogP contribution in [0.1, 0.15) is 27.5 Å². The Morgan fingerprint density at radius 3 is 2.57 bits per heavy atom. The van der Waals surface area contributed by atoms with Gasteiger partial charge in [0.05, 0.1) is 16.9 Å². The maximum absolute atomic E-state index is 12.7. The standard InChI is InChI=1S/C21H19N5O2/c1-13-9-10-16(20-22-15(3)28-25-20)11-19(13)26-12-18(14(2)24-26)21(27)23-17-7-5-4-6-8-17/h4-12H,1-3H3,(H,23,27). The summed E-state index contributed by atoms with van der Waals surface area (Å²) in [5.41, 5.74) is 4.59. The van der Waals surface area contributed by atoms with E-state index in [9.17, 15) is 4.79 Å². The smallest absolute Gasteiger partial charge is 0.259 e. The first-order valence-corrected chi connectivity index (χ1v) is 8.85. The highest BCUT2D eigenvalue weighted by Crippen LogP contribution is 2.23. The number of hydrogen-bond acceptors (Lipinski definition) is 5. The van der Waals surface area contributed by atoms with Gasteiger partial charge < -0.3 is 9.84 Å². The van der Waals surface area contributed by atoms with Crippen LogP contribution in [0.5, 0.6) is 0 Å². The van der Waals surface area contributed by atoms with Crippen molar-refractivity contribution in [3.8, 4) is 17.1 Å². The topological polar surface area (TPSA) is 85.8 Å². The zero-order chi connectivity index (χ0) is 19.7. The maximum Gasteiger partial charge on any atom is 0.259 e. The van der Waals surface area contributed by atoms with Crippen LogP contribution in [-0.4, -0.2) is 25.8 Å². The normalized spacial score (nSPS) is 10.8. The van der Waals surface area contributed by atoms with Crippen molar-refractivity contribution in [3.05, 3.63) is 77.4 Å². The molecule has 2 aromatic carbocycles. The summed E-state index contributed by atoms with van der Waals surface area (Å²) < 4.78 is 6.78. The number of nitrogens with zero attached hydrogens (tertiary/aromatic N) is 4. The van der Waals surface area contributed by atoms with E-state index in [0.717, 1.165) is 22.5 Å². The molecule has 2 heterocycles. The third-order valence-electron chi connectivity index (χ3n) is 4.42. The summed E-state index contributed by atoms with van der Waals surface area (Å²) in [5, 5.41) is 11.4. The lowest BCUT2D eigenvalue weighted by molar-refractivity contribution is 0.102. The number of aromatic nitrogens is 4. The van der Waals surface area contributed by atoms with Crippen molar-refractivity contribution in [2.75, 3.05) is 5.32 Å². The van der Waals surface area contributed by atoms with Crippen molar-refractivity contribution in [3.63, 3.8) is 0 Å². The largest absolute Gasteiger partial charge is 0.339 e. The van der Waals surface area contributed by atoms with Gasteiger partial charge in [0, 0.05) is 24.4 Å².